The van der Waals surface area contributed by atoms with Crippen molar-refractivity contribution < 1.29 is 14.3 Å². The predicted molar refractivity (Wildman–Crippen MR) is 114 cm³/mol. The summed E-state index contributed by atoms with van der Waals surface area (Å²) in [6.07, 6.45) is 4.17. The Balaban J connectivity index is 1.56. The van der Waals surface area contributed by atoms with Gasteiger partial charge in [-0.05, 0) is 49.5 Å². The first kappa shape index (κ1) is 19.9. The molecule has 1 aromatic carbocycles. The van der Waals surface area contributed by atoms with Crippen LogP contribution in [0.4, 0.5) is 0 Å². The normalized spacial score (nSPS) is 20.2. The van der Waals surface area contributed by atoms with Gasteiger partial charge in [-0.2, -0.15) is 0 Å². The minimum absolute atomic E-state index is 0.00804. The molecule has 2 atom stereocenters. The molecule has 1 saturated carbocycles. The lowest BCUT2D eigenvalue weighted by Gasteiger charge is -2.44. The number of ether oxygens (including phenoxy) is 2. The van der Waals surface area contributed by atoms with Gasteiger partial charge in [0.1, 0.15) is 4.88 Å². The van der Waals surface area contributed by atoms with Crippen LogP contribution in [0, 0.1) is 6.92 Å². The van der Waals surface area contributed by atoms with Crippen LogP contribution in [0.2, 0.25) is 0 Å². The van der Waals surface area contributed by atoms with E-state index in [0.717, 1.165) is 54.4 Å². The fourth-order valence-corrected chi connectivity index (χ4v) is 5.37. The Bertz CT molecular complexity index is 1130. The molecule has 1 aliphatic heterocycles. The van der Waals surface area contributed by atoms with Crippen LogP contribution in [0.25, 0.3) is 11.4 Å². The molecule has 2 unspecified atom stereocenters. The molecule has 3 heterocycles. The van der Waals surface area contributed by atoms with E-state index in [1.807, 2.05) is 30.0 Å². The van der Waals surface area contributed by atoms with Gasteiger partial charge in [0.15, 0.2) is 23.1 Å². The van der Waals surface area contributed by atoms with Gasteiger partial charge in [0.05, 0.1) is 38.5 Å². The van der Waals surface area contributed by atoms with Gasteiger partial charge in [-0.15, -0.1) is 15.3 Å². The number of carbonyl (C=O) groups is 1. The van der Waals surface area contributed by atoms with Crippen LogP contribution in [0.5, 0.6) is 11.5 Å². The van der Waals surface area contributed by atoms with E-state index in [2.05, 4.69) is 24.4 Å². The Hall–Kier alpha value is -3.01. The molecular formula is C21H24N6O3S. The van der Waals surface area contributed by atoms with E-state index >= 15 is 0 Å². The van der Waals surface area contributed by atoms with Crippen molar-refractivity contribution in [1.29, 1.82) is 0 Å². The summed E-state index contributed by atoms with van der Waals surface area (Å²) in [7, 11) is 3.24. The fraction of sp³-hybridized carbons (Fsp3) is 0.476. The van der Waals surface area contributed by atoms with Gasteiger partial charge >= 0.3 is 0 Å². The van der Waals surface area contributed by atoms with Crippen molar-refractivity contribution >= 4 is 17.4 Å². The highest BCUT2D eigenvalue weighted by molar-refractivity contribution is 7.07. The van der Waals surface area contributed by atoms with E-state index in [1.54, 1.807) is 14.2 Å². The van der Waals surface area contributed by atoms with Gasteiger partial charge in [-0.25, -0.2) is 0 Å². The molecule has 2 aromatic heterocycles. The van der Waals surface area contributed by atoms with E-state index in [1.165, 1.54) is 0 Å². The second-order valence-corrected chi connectivity index (χ2v) is 8.67. The number of nitrogens with zero attached hydrogens (tertiary/aromatic N) is 6. The summed E-state index contributed by atoms with van der Waals surface area (Å²) in [5, 5.41) is 13.0. The molecule has 0 saturated heterocycles. The minimum atomic E-state index is -0.00804. The van der Waals surface area contributed by atoms with Crippen molar-refractivity contribution in [2.75, 3.05) is 14.2 Å². The van der Waals surface area contributed by atoms with E-state index in [9.17, 15) is 4.79 Å². The van der Waals surface area contributed by atoms with Crippen LogP contribution < -0.4 is 9.47 Å². The third-order valence-electron chi connectivity index (χ3n) is 6.25. The Labute approximate surface area is 184 Å². The van der Waals surface area contributed by atoms with Crippen molar-refractivity contribution in [3.05, 3.63) is 34.6 Å². The van der Waals surface area contributed by atoms with Crippen molar-refractivity contribution in [2.45, 2.75) is 51.2 Å². The number of benzene rings is 1. The first-order chi connectivity index (χ1) is 15.1. The molecule has 0 N–H and O–H groups in total. The molecule has 0 spiro atoms. The summed E-state index contributed by atoms with van der Waals surface area (Å²) < 4.78 is 17.0. The molecule has 2 aliphatic rings. The Morgan fingerprint density at radius 1 is 1.06 bits per heavy atom. The Morgan fingerprint density at radius 2 is 1.84 bits per heavy atom. The number of fused-ring (bicyclic) bond motifs is 3. The van der Waals surface area contributed by atoms with Crippen LogP contribution in [0.15, 0.2) is 18.2 Å². The van der Waals surface area contributed by atoms with Crippen molar-refractivity contribution in [3.8, 4) is 22.9 Å². The summed E-state index contributed by atoms with van der Waals surface area (Å²) in [6.45, 7) is 2.26. The monoisotopic (exact) mass is 440 g/mol. The summed E-state index contributed by atoms with van der Waals surface area (Å²) in [6, 6.07) is 6.02. The molecule has 10 heteroatoms. The van der Waals surface area contributed by atoms with Crippen LogP contribution in [0.3, 0.4) is 0 Å². The first-order valence-corrected chi connectivity index (χ1v) is 11.2. The number of rotatable bonds is 4. The number of hydrogen-bond acceptors (Lipinski definition) is 8. The van der Waals surface area contributed by atoms with Crippen LogP contribution in [-0.2, 0) is 6.54 Å². The molecule has 5 rings (SSSR count). The molecule has 1 aliphatic carbocycles. The highest BCUT2D eigenvalue weighted by Crippen LogP contribution is 2.41. The molecule has 0 radical (unpaired) electrons. The van der Waals surface area contributed by atoms with Crippen LogP contribution >= 0.6 is 11.5 Å². The summed E-state index contributed by atoms with van der Waals surface area (Å²) in [5.41, 5.74) is 1.60. The molecule has 0 bridgehead atoms. The second kappa shape index (κ2) is 7.92. The van der Waals surface area contributed by atoms with Gasteiger partial charge in [0, 0.05) is 5.56 Å². The van der Waals surface area contributed by atoms with Crippen LogP contribution in [-0.4, -0.2) is 55.4 Å². The summed E-state index contributed by atoms with van der Waals surface area (Å²) in [5.74, 6) is 2.92. The lowest BCUT2D eigenvalue weighted by atomic mass is 9.87. The minimum Gasteiger partial charge on any atom is -0.493 e. The number of carbonyl (C=O) groups excluding carboxylic acids is 1. The maximum absolute atomic E-state index is 13.3. The standard InChI is InChI=1S/C21H24N6O3S/c1-12-19(31-25-22-12)21(28)26-11-18-23-24-20(27(18)15-7-5-4-6-14(15)26)13-8-9-16(29-2)17(10-13)30-3/h8-10,14-15H,4-7,11H2,1-3H3. The smallest absolute Gasteiger partial charge is 0.268 e. The molecule has 9 nitrogen and oxygen atoms in total. The van der Waals surface area contributed by atoms with Gasteiger partial charge in [-0.1, -0.05) is 17.3 Å². The molecule has 1 amide bonds. The SMILES string of the molecule is COc1ccc(-c2nnc3n2C2CCCCC2N(C(=O)c2snnc2C)C3)cc1OC. The zero-order chi connectivity index (χ0) is 21.5. The highest BCUT2D eigenvalue weighted by atomic mass is 32.1. The highest BCUT2D eigenvalue weighted by Gasteiger charge is 2.42. The van der Waals surface area contributed by atoms with E-state index in [0.29, 0.717) is 28.6 Å². The third kappa shape index (κ3) is 3.25. The Kier molecular flexibility index (Phi) is 5.09. The van der Waals surface area contributed by atoms with E-state index in [4.69, 9.17) is 9.47 Å². The van der Waals surface area contributed by atoms with Crippen molar-refractivity contribution in [2.24, 2.45) is 0 Å². The van der Waals surface area contributed by atoms with E-state index < -0.39 is 0 Å². The first-order valence-electron chi connectivity index (χ1n) is 10.4. The molecule has 31 heavy (non-hydrogen) atoms. The number of hydrogen-bond donors (Lipinski definition) is 0. The molecule has 162 valence electrons. The molecule has 1 fully saturated rings. The van der Waals surface area contributed by atoms with Gasteiger partial charge in [-0.3, -0.25) is 4.79 Å². The lowest BCUT2D eigenvalue weighted by molar-refractivity contribution is 0.0424. The third-order valence-corrected chi connectivity index (χ3v) is 7.07. The largest absolute Gasteiger partial charge is 0.493 e. The maximum atomic E-state index is 13.3. The van der Waals surface area contributed by atoms with Crippen molar-refractivity contribution in [1.82, 2.24) is 29.3 Å². The second-order valence-electron chi connectivity index (χ2n) is 7.92. The summed E-state index contributed by atoms with van der Waals surface area (Å²) in [4.78, 5) is 15.9. The van der Waals surface area contributed by atoms with Crippen LogP contribution in [0.1, 0.15) is 52.9 Å². The summed E-state index contributed by atoms with van der Waals surface area (Å²) >= 11 is 1.16. The topological polar surface area (TPSA) is 95.3 Å². The fourth-order valence-electron chi connectivity index (χ4n) is 4.76. The average Bonchev–Trinajstić information content (AvgIpc) is 3.43. The Morgan fingerprint density at radius 3 is 2.55 bits per heavy atom. The number of methoxy groups -OCH3 is 2. The zero-order valence-corrected chi connectivity index (χ0v) is 18.6. The van der Waals surface area contributed by atoms with Gasteiger partial charge in [0.2, 0.25) is 0 Å². The quantitative estimate of drug-likeness (QED) is 0.614. The molecule has 3 aromatic rings. The average molecular weight is 441 g/mol. The van der Waals surface area contributed by atoms with Gasteiger partial charge in [0.25, 0.3) is 5.91 Å². The van der Waals surface area contributed by atoms with Crippen molar-refractivity contribution in [3.63, 3.8) is 0 Å². The van der Waals surface area contributed by atoms with E-state index in [-0.39, 0.29) is 18.0 Å². The number of aromatic nitrogens is 5. The maximum Gasteiger partial charge on any atom is 0.268 e. The predicted octanol–water partition coefficient (Wildman–Crippen LogP) is 3.26. The zero-order valence-electron chi connectivity index (χ0n) is 17.7. The number of amides is 1. The van der Waals surface area contributed by atoms with Gasteiger partial charge < -0.3 is 18.9 Å². The molecular weight excluding hydrogens is 416 g/mol. The number of aryl methyl sites for hydroxylation is 1. The lowest BCUT2D eigenvalue weighted by Crippen LogP contribution is -2.50.